The molecule has 0 amide bonds. The molecule has 10 heteroatoms. The summed E-state index contributed by atoms with van der Waals surface area (Å²) in [6, 6.07) is 32.7. The summed E-state index contributed by atoms with van der Waals surface area (Å²) in [6.07, 6.45) is 0. The Labute approximate surface area is 257 Å². The quantitative estimate of drug-likeness (QED) is 0.200. The van der Waals surface area contributed by atoms with E-state index in [0.29, 0.717) is 0 Å². The molecule has 4 aromatic carbocycles. The molecular formula is C28H28Br4O4Te2. The van der Waals surface area contributed by atoms with Crippen molar-refractivity contribution in [2.45, 2.75) is 0 Å². The summed E-state index contributed by atoms with van der Waals surface area (Å²) in [5.41, 5.74) is 0. The number of methoxy groups -OCH3 is 4. The Morgan fingerprint density at radius 2 is 0.500 bits per heavy atom. The molecule has 38 heavy (non-hydrogen) atoms. The van der Waals surface area contributed by atoms with Gasteiger partial charge in [-0.2, -0.15) is 0 Å². The molecule has 0 saturated heterocycles. The van der Waals surface area contributed by atoms with Crippen LogP contribution in [0.1, 0.15) is 0 Å². The van der Waals surface area contributed by atoms with Gasteiger partial charge in [0, 0.05) is 0 Å². The van der Waals surface area contributed by atoms with Crippen molar-refractivity contribution in [1.29, 1.82) is 0 Å². The molecule has 0 spiro atoms. The molecule has 0 aliphatic carbocycles. The van der Waals surface area contributed by atoms with E-state index in [4.69, 9.17) is 18.9 Å². The summed E-state index contributed by atoms with van der Waals surface area (Å²) in [5.74, 6) is 3.49. The predicted molar refractivity (Wildman–Crippen MR) is 178 cm³/mol. The zero-order valence-electron chi connectivity index (χ0n) is 21.2. The minimum absolute atomic E-state index is 0.872. The Bertz CT molecular complexity index is 1080. The molecule has 0 N–H and O–H groups in total. The number of benzene rings is 4. The van der Waals surface area contributed by atoms with Gasteiger partial charge in [-0.15, -0.1) is 0 Å². The number of rotatable bonds is 8. The molecule has 204 valence electrons. The van der Waals surface area contributed by atoms with Gasteiger partial charge in [-0.1, -0.05) is 0 Å². The number of ether oxygens (including phenoxy) is 4. The second kappa shape index (κ2) is 15.0. The Morgan fingerprint density at radius 3 is 0.632 bits per heavy atom. The van der Waals surface area contributed by atoms with Gasteiger partial charge in [0.1, 0.15) is 0 Å². The molecule has 0 aliphatic rings. The molecule has 4 nitrogen and oxygen atoms in total. The van der Waals surface area contributed by atoms with Crippen molar-refractivity contribution in [3.8, 4) is 23.0 Å². The minimum atomic E-state index is -2.60. The third-order valence-corrected chi connectivity index (χ3v) is 35.3. The monoisotopic (exact) mass is 1000 g/mol. The fourth-order valence-electron chi connectivity index (χ4n) is 3.26. The Kier molecular flexibility index (Phi) is 12.7. The number of hydrogen-bond donors (Lipinski definition) is 0. The first kappa shape index (κ1) is 32.1. The molecule has 0 heterocycles. The van der Waals surface area contributed by atoms with Crippen LogP contribution >= 0.6 is 51.0 Å². The zero-order chi connectivity index (χ0) is 27.8. The number of halogens is 4. The van der Waals surface area contributed by atoms with E-state index in [1.807, 2.05) is 48.5 Å². The summed E-state index contributed by atoms with van der Waals surface area (Å²) in [6.45, 7) is 0. The molecule has 0 aromatic heterocycles. The molecule has 0 radical (unpaired) electrons. The molecule has 0 atom stereocenters. The third kappa shape index (κ3) is 8.30. The van der Waals surface area contributed by atoms with Crippen LogP contribution < -0.4 is 33.4 Å². The van der Waals surface area contributed by atoms with Crippen molar-refractivity contribution in [3.63, 3.8) is 0 Å². The van der Waals surface area contributed by atoms with E-state index >= 15 is 0 Å². The maximum atomic E-state index is 5.19. The maximum absolute atomic E-state index is 5.19. The topological polar surface area (TPSA) is 36.9 Å². The van der Waals surface area contributed by atoms with Crippen LogP contribution in [-0.4, -0.2) is 56.0 Å². The molecule has 0 fully saturated rings. The Hall–Kier alpha value is -0.421. The van der Waals surface area contributed by atoms with Gasteiger partial charge in [-0.05, 0) is 0 Å². The third-order valence-electron chi connectivity index (χ3n) is 5.42. The Morgan fingerprint density at radius 1 is 0.342 bits per heavy atom. The van der Waals surface area contributed by atoms with Gasteiger partial charge in [0.15, 0.2) is 0 Å². The molecular weight excluding hydrogens is 975 g/mol. The first-order chi connectivity index (χ1) is 18.1. The fraction of sp³-hybridized carbons (Fsp3) is 0.143. The van der Waals surface area contributed by atoms with Crippen LogP contribution in [0.3, 0.4) is 0 Å². The van der Waals surface area contributed by atoms with E-state index < -0.39 is 27.5 Å². The van der Waals surface area contributed by atoms with E-state index in [1.54, 1.807) is 28.4 Å². The first-order valence-electron chi connectivity index (χ1n) is 11.2. The van der Waals surface area contributed by atoms with Gasteiger partial charge in [0.05, 0.1) is 0 Å². The van der Waals surface area contributed by atoms with Gasteiger partial charge >= 0.3 is 260 Å². The van der Waals surface area contributed by atoms with Gasteiger partial charge in [0.2, 0.25) is 0 Å². The molecule has 0 unspecified atom stereocenters. The Balaban J connectivity index is 0.000000211. The second-order valence-corrected chi connectivity index (χ2v) is 56.1. The van der Waals surface area contributed by atoms with Gasteiger partial charge < -0.3 is 0 Å². The van der Waals surface area contributed by atoms with Crippen molar-refractivity contribution in [3.05, 3.63) is 97.1 Å². The molecule has 0 saturated carbocycles. The van der Waals surface area contributed by atoms with E-state index in [2.05, 4.69) is 99.6 Å². The zero-order valence-corrected chi connectivity index (χ0v) is 32.2. The van der Waals surface area contributed by atoms with Crippen LogP contribution in [0.25, 0.3) is 0 Å². The summed E-state index contributed by atoms with van der Waals surface area (Å²) in [7, 11) is 6.70. The van der Waals surface area contributed by atoms with Crippen LogP contribution in [-0.2, 0) is 0 Å². The summed E-state index contributed by atoms with van der Waals surface area (Å²) >= 11 is 10.5. The van der Waals surface area contributed by atoms with E-state index in [9.17, 15) is 0 Å². The summed E-state index contributed by atoms with van der Waals surface area (Å²) in [4.78, 5) is 0. The van der Waals surface area contributed by atoms with Crippen molar-refractivity contribution in [2.24, 2.45) is 0 Å². The van der Waals surface area contributed by atoms with E-state index in [-0.39, 0.29) is 0 Å². The molecule has 0 aliphatic heterocycles. The van der Waals surface area contributed by atoms with Crippen molar-refractivity contribution < 1.29 is 18.9 Å². The van der Waals surface area contributed by atoms with Gasteiger partial charge in [-0.25, -0.2) is 0 Å². The van der Waals surface area contributed by atoms with Gasteiger partial charge in [-0.3, -0.25) is 0 Å². The van der Waals surface area contributed by atoms with Crippen LogP contribution in [0, 0.1) is 0 Å². The van der Waals surface area contributed by atoms with Crippen LogP contribution in [0.5, 0.6) is 23.0 Å². The van der Waals surface area contributed by atoms with Crippen molar-refractivity contribution in [1.82, 2.24) is 0 Å². The van der Waals surface area contributed by atoms with Crippen LogP contribution in [0.4, 0.5) is 0 Å². The average molecular weight is 1000 g/mol. The van der Waals surface area contributed by atoms with Crippen LogP contribution in [0.15, 0.2) is 97.1 Å². The van der Waals surface area contributed by atoms with Crippen LogP contribution in [0.2, 0.25) is 0 Å². The standard InChI is InChI=1S/2C14H14Br2O2Te/c2*1-17-11-3-7-13(8-4-11)19(15,16)14-9-5-12(18-2)6-10-14/h2*3-10H,1-2H3. The number of hydrogen-bond acceptors (Lipinski definition) is 4. The van der Waals surface area contributed by atoms with Gasteiger partial charge in [0.25, 0.3) is 0 Å². The fourth-order valence-corrected chi connectivity index (χ4v) is 21.9. The normalized spacial score (nSPS) is 12.0. The molecule has 4 rings (SSSR count). The van der Waals surface area contributed by atoms with E-state index in [0.717, 1.165) is 23.0 Å². The van der Waals surface area contributed by atoms with Crippen molar-refractivity contribution >= 4 is 93.0 Å². The second-order valence-electron chi connectivity index (χ2n) is 7.64. The first-order valence-corrected chi connectivity index (χ1v) is 36.7. The predicted octanol–water partition coefficient (Wildman–Crippen LogP) is 6.10. The summed E-state index contributed by atoms with van der Waals surface area (Å²) in [5, 5.41) is 0. The van der Waals surface area contributed by atoms with Crippen molar-refractivity contribution in [2.75, 3.05) is 28.4 Å². The SMILES string of the molecule is COc1ccc([Te](Br)(Br)c2ccc(OC)cc2)cc1.COc1ccc([Te](Br)(Br)c2ccc(OC)cc2)cc1. The van der Waals surface area contributed by atoms with E-state index in [1.165, 1.54) is 14.4 Å². The summed E-state index contributed by atoms with van der Waals surface area (Å²) < 4.78 is 25.9. The molecule has 4 aromatic rings. The molecule has 0 bridgehead atoms. The average Bonchev–Trinajstić information content (AvgIpc) is 2.97.